The van der Waals surface area contributed by atoms with Crippen molar-refractivity contribution in [2.24, 2.45) is 0 Å². The van der Waals surface area contributed by atoms with Crippen LogP contribution in [0.2, 0.25) is 0 Å². The fraction of sp³-hybridized carbons (Fsp3) is 0.524. The number of nitro benzene ring substituents is 1. The van der Waals surface area contributed by atoms with Crippen LogP contribution in [-0.2, 0) is 19.4 Å². The van der Waals surface area contributed by atoms with Crippen LogP contribution < -0.4 is 0 Å². The summed E-state index contributed by atoms with van der Waals surface area (Å²) in [7, 11) is 4.22. The smallest absolute Gasteiger partial charge is 0.269 e. The van der Waals surface area contributed by atoms with Crippen LogP contribution in [0, 0.1) is 10.1 Å². The second-order valence-electron chi connectivity index (χ2n) is 7.53. The molecule has 0 aliphatic heterocycles. The van der Waals surface area contributed by atoms with Gasteiger partial charge in [-0.15, -0.1) is 12.4 Å². The van der Waals surface area contributed by atoms with Crippen LogP contribution in [0.4, 0.5) is 5.69 Å². The first-order valence-electron chi connectivity index (χ1n) is 9.67. The number of rotatable bonds is 6. The summed E-state index contributed by atoms with van der Waals surface area (Å²) in [6, 6.07) is 9.34. The number of fused-ring (bicyclic) bond motifs is 1. The third-order valence-electron chi connectivity index (χ3n) is 5.27. The van der Waals surface area contributed by atoms with Gasteiger partial charge in [0.2, 0.25) is 0 Å². The van der Waals surface area contributed by atoms with Gasteiger partial charge in [0.15, 0.2) is 0 Å². The Morgan fingerprint density at radius 1 is 1.07 bits per heavy atom. The molecule has 0 spiro atoms. The summed E-state index contributed by atoms with van der Waals surface area (Å²) in [5, 5.41) is 11.0. The second kappa shape index (κ2) is 9.90. The average Bonchev–Trinajstić information content (AvgIpc) is 2.91. The number of benzene rings is 1. The maximum atomic E-state index is 11.0. The van der Waals surface area contributed by atoms with E-state index in [-0.39, 0.29) is 23.0 Å². The third kappa shape index (κ3) is 5.33. The highest BCUT2D eigenvalue weighted by Gasteiger charge is 2.18. The molecule has 0 saturated heterocycles. The Morgan fingerprint density at radius 3 is 2.37 bits per heavy atom. The Hall–Kier alpha value is -1.85. The lowest BCUT2D eigenvalue weighted by Gasteiger charge is -2.17. The van der Waals surface area contributed by atoms with E-state index in [1.807, 2.05) is 12.1 Å². The van der Waals surface area contributed by atoms with Gasteiger partial charge in [-0.3, -0.25) is 10.1 Å². The van der Waals surface area contributed by atoms with E-state index in [0.717, 1.165) is 37.9 Å². The van der Waals surface area contributed by atoms with Crippen molar-refractivity contribution in [3.8, 4) is 11.3 Å². The molecule has 5 nitrogen and oxygen atoms in total. The van der Waals surface area contributed by atoms with Gasteiger partial charge in [0.05, 0.1) is 4.92 Å². The minimum Gasteiger partial charge on any atom is -0.344 e. The van der Waals surface area contributed by atoms with Crippen molar-refractivity contribution in [3.63, 3.8) is 0 Å². The molecular weight excluding hydrogens is 362 g/mol. The number of nitrogens with zero attached hydrogens (tertiary/aromatic N) is 3. The predicted octanol–water partition coefficient (Wildman–Crippen LogP) is 5.10. The van der Waals surface area contributed by atoms with E-state index in [0.29, 0.717) is 0 Å². The largest absolute Gasteiger partial charge is 0.344 e. The molecular formula is C21H30ClN3O2. The molecule has 1 aromatic carbocycles. The second-order valence-corrected chi connectivity index (χ2v) is 7.53. The molecule has 0 fully saturated rings. The SMILES string of the molecule is CN(C)CCCn1c(-c2ccc([N+](=O)[O-])cc2)cc2c1CCCCCC2.Cl. The van der Waals surface area contributed by atoms with E-state index in [2.05, 4.69) is 29.6 Å². The van der Waals surface area contributed by atoms with Crippen LogP contribution in [0.25, 0.3) is 11.3 Å². The van der Waals surface area contributed by atoms with E-state index in [4.69, 9.17) is 0 Å². The maximum absolute atomic E-state index is 11.0. The minimum absolute atomic E-state index is 0. The van der Waals surface area contributed by atoms with Gasteiger partial charge in [0.25, 0.3) is 5.69 Å². The standard InChI is InChI=1S/C21H29N3O2.ClH/c1-22(2)14-7-15-23-20-9-6-4-3-5-8-18(20)16-21(23)17-10-12-19(13-11-17)24(25)26;/h10-13,16H,3-9,14-15H2,1-2H3;1H. The summed E-state index contributed by atoms with van der Waals surface area (Å²) in [6.45, 7) is 2.06. The molecule has 0 saturated carbocycles. The average molecular weight is 392 g/mol. The van der Waals surface area contributed by atoms with Gasteiger partial charge in [-0.1, -0.05) is 12.8 Å². The van der Waals surface area contributed by atoms with Crippen LogP contribution in [0.15, 0.2) is 30.3 Å². The molecule has 27 heavy (non-hydrogen) atoms. The van der Waals surface area contributed by atoms with Gasteiger partial charge in [-0.25, -0.2) is 0 Å². The molecule has 6 heteroatoms. The van der Waals surface area contributed by atoms with Gasteiger partial charge in [0, 0.05) is 30.1 Å². The molecule has 2 aromatic rings. The number of aryl methyl sites for hydroxylation is 1. The lowest BCUT2D eigenvalue weighted by Crippen LogP contribution is -2.16. The van der Waals surface area contributed by atoms with E-state index in [1.165, 1.54) is 42.6 Å². The lowest BCUT2D eigenvalue weighted by atomic mass is 9.98. The van der Waals surface area contributed by atoms with Crippen molar-refractivity contribution >= 4 is 18.1 Å². The Kier molecular flexibility index (Phi) is 7.87. The summed E-state index contributed by atoms with van der Waals surface area (Å²) in [5.74, 6) is 0. The van der Waals surface area contributed by atoms with Gasteiger partial charge in [-0.2, -0.15) is 0 Å². The molecule has 1 aliphatic rings. The molecule has 0 unspecified atom stereocenters. The molecule has 0 bridgehead atoms. The molecule has 1 aromatic heterocycles. The Morgan fingerprint density at radius 2 is 1.74 bits per heavy atom. The van der Waals surface area contributed by atoms with Crippen LogP contribution in [-0.4, -0.2) is 35.0 Å². The monoisotopic (exact) mass is 391 g/mol. The van der Waals surface area contributed by atoms with E-state index in [9.17, 15) is 10.1 Å². The number of aromatic nitrogens is 1. The molecule has 0 radical (unpaired) electrons. The van der Waals surface area contributed by atoms with Gasteiger partial charge in [-0.05, 0) is 82.1 Å². The highest BCUT2D eigenvalue weighted by Crippen LogP contribution is 2.31. The van der Waals surface area contributed by atoms with E-state index >= 15 is 0 Å². The van der Waals surface area contributed by atoms with E-state index in [1.54, 1.807) is 12.1 Å². The highest BCUT2D eigenvalue weighted by molar-refractivity contribution is 5.85. The van der Waals surface area contributed by atoms with E-state index < -0.39 is 0 Å². The number of hydrogen-bond donors (Lipinski definition) is 0. The van der Waals surface area contributed by atoms with Gasteiger partial charge < -0.3 is 9.47 Å². The van der Waals surface area contributed by atoms with Crippen molar-refractivity contribution in [1.82, 2.24) is 9.47 Å². The zero-order chi connectivity index (χ0) is 18.5. The minimum atomic E-state index is -0.334. The van der Waals surface area contributed by atoms with Crippen molar-refractivity contribution in [1.29, 1.82) is 0 Å². The molecule has 0 N–H and O–H groups in total. The maximum Gasteiger partial charge on any atom is 0.269 e. The molecule has 1 aliphatic carbocycles. The summed E-state index contributed by atoms with van der Waals surface area (Å²) < 4.78 is 2.48. The number of halogens is 1. The zero-order valence-corrected chi connectivity index (χ0v) is 17.1. The number of hydrogen-bond acceptors (Lipinski definition) is 3. The molecule has 3 rings (SSSR count). The summed E-state index contributed by atoms with van der Waals surface area (Å²) in [5.41, 5.74) is 5.40. The lowest BCUT2D eigenvalue weighted by molar-refractivity contribution is -0.384. The molecule has 1 heterocycles. The first kappa shape index (κ1) is 21.5. The number of non-ortho nitro benzene ring substituents is 1. The first-order valence-corrected chi connectivity index (χ1v) is 9.67. The Balaban J connectivity index is 0.00000261. The molecule has 0 atom stereocenters. The highest BCUT2D eigenvalue weighted by atomic mass is 35.5. The summed E-state index contributed by atoms with van der Waals surface area (Å²) in [6.07, 6.45) is 8.54. The van der Waals surface area contributed by atoms with Crippen LogP contribution in [0.1, 0.15) is 43.4 Å². The fourth-order valence-electron chi connectivity index (χ4n) is 3.91. The van der Waals surface area contributed by atoms with Crippen LogP contribution >= 0.6 is 12.4 Å². The fourth-order valence-corrected chi connectivity index (χ4v) is 3.91. The quantitative estimate of drug-likeness (QED) is 0.508. The van der Waals surface area contributed by atoms with Crippen LogP contribution in [0.3, 0.4) is 0 Å². The topological polar surface area (TPSA) is 51.3 Å². The van der Waals surface area contributed by atoms with Crippen molar-refractivity contribution in [3.05, 3.63) is 51.7 Å². The van der Waals surface area contributed by atoms with Gasteiger partial charge >= 0.3 is 0 Å². The third-order valence-corrected chi connectivity index (χ3v) is 5.27. The molecule has 0 amide bonds. The summed E-state index contributed by atoms with van der Waals surface area (Å²) >= 11 is 0. The van der Waals surface area contributed by atoms with Gasteiger partial charge in [0.1, 0.15) is 0 Å². The summed E-state index contributed by atoms with van der Waals surface area (Å²) in [4.78, 5) is 12.8. The molecule has 148 valence electrons. The number of nitro groups is 1. The van der Waals surface area contributed by atoms with Crippen molar-refractivity contribution in [2.75, 3.05) is 20.6 Å². The first-order chi connectivity index (χ1) is 12.6. The van der Waals surface area contributed by atoms with Crippen LogP contribution in [0.5, 0.6) is 0 Å². The predicted molar refractivity (Wildman–Crippen MR) is 113 cm³/mol. The zero-order valence-electron chi connectivity index (χ0n) is 16.3. The Labute approximate surface area is 167 Å². The van der Waals surface area contributed by atoms with Crippen molar-refractivity contribution in [2.45, 2.75) is 51.5 Å². The normalized spacial score (nSPS) is 14.2. The Bertz CT molecular complexity index is 754. The van der Waals surface area contributed by atoms with Crippen molar-refractivity contribution < 1.29 is 4.92 Å².